The third-order valence-corrected chi connectivity index (χ3v) is 6.86. The molecule has 0 saturated carbocycles. The van der Waals surface area contributed by atoms with Gasteiger partial charge in [-0.3, -0.25) is 4.79 Å². The molecule has 0 bridgehead atoms. The van der Waals surface area contributed by atoms with Crippen LogP contribution in [0.15, 0.2) is 46.2 Å². The summed E-state index contributed by atoms with van der Waals surface area (Å²) in [5, 5.41) is 0. The third kappa shape index (κ3) is 3.98. The van der Waals surface area contributed by atoms with Gasteiger partial charge in [-0.1, -0.05) is 0 Å². The van der Waals surface area contributed by atoms with E-state index in [1.165, 1.54) is 18.0 Å². The van der Waals surface area contributed by atoms with Crippen LogP contribution in [0.3, 0.4) is 0 Å². The lowest BCUT2D eigenvalue weighted by atomic mass is 10.0. The van der Waals surface area contributed by atoms with E-state index in [4.69, 9.17) is 9.47 Å². The highest BCUT2D eigenvalue weighted by molar-refractivity contribution is 8.00. The van der Waals surface area contributed by atoms with Crippen LogP contribution in [0.4, 0.5) is 5.69 Å². The molecular formula is C20H21NO5S2. The van der Waals surface area contributed by atoms with Gasteiger partial charge in [-0.15, -0.1) is 11.8 Å². The second-order valence-electron chi connectivity index (χ2n) is 6.81. The van der Waals surface area contributed by atoms with Crippen LogP contribution < -0.4 is 14.4 Å². The number of anilines is 1. The molecule has 2 aromatic carbocycles. The van der Waals surface area contributed by atoms with Gasteiger partial charge in [-0.25, -0.2) is 8.42 Å². The zero-order valence-electron chi connectivity index (χ0n) is 15.5. The number of sulfone groups is 1. The normalized spacial score (nSPS) is 15.8. The zero-order chi connectivity index (χ0) is 19.7. The van der Waals surface area contributed by atoms with E-state index in [0.29, 0.717) is 36.2 Å². The molecule has 1 amide bonds. The summed E-state index contributed by atoms with van der Waals surface area (Å²) in [6, 6.07) is 10.7. The summed E-state index contributed by atoms with van der Waals surface area (Å²) in [5.41, 5.74) is 1.72. The van der Waals surface area contributed by atoms with Crippen LogP contribution in [0.5, 0.6) is 11.5 Å². The molecule has 4 rings (SSSR count). The van der Waals surface area contributed by atoms with Crippen molar-refractivity contribution in [1.29, 1.82) is 0 Å². The number of benzene rings is 2. The van der Waals surface area contributed by atoms with E-state index >= 15 is 0 Å². The number of ether oxygens (including phenoxy) is 2. The lowest BCUT2D eigenvalue weighted by Gasteiger charge is -2.30. The molecule has 6 nitrogen and oxygen atoms in total. The molecule has 0 fully saturated rings. The summed E-state index contributed by atoms with van der Waals surface area (Å²) >= 11 is 1.45. The number of amides is 1. The molecule has 28 heavy (non-hydrogen) atoms. The highest BCUT2D eigenvalue weighted by atomic mass is 32.2. The first kappa shape index (κ1) is 19.1. The van der Waals surface area contributed by atoms with Gasteiger partial charge in [0.15, 0.2) is 21.3 Å². The fraction of sp³-hybridized carbons (Fsp3) is 0.350. The summed E-state index contributed by atoms with van der Waals surface area (Å²) in [5.74, 6) is 1.74. The maximum Gasteiger partial charge on any atom is 0.237 e. The molecule has 0 N–H and O–H groups in total. The van der Waals surface area contributed by atoms with E-state index in [9.17, 15) is 13.2 Å². The first-order chi connectivity index (χ1) is 13.4. The van der Waals surface area contributed by atoms with Crippen molar-refractivity contribution in [2.45, 2.75) is 22.6 Å². The van der Waals surface area contributed by atoms with Crippen LogP contribution in [0.1, 0.15) is 12.0 Å². The number of hydrogen-bond acceptors (Lipinski definition) is 6. The molecule has 0 radical (unpaired) electrons. The molecule has 2 aliphatic heterocycles. The van der Waals surface area contributed by atoms with Crippen LogP contribution in [0.25, 0.3) is 0 Å². The van der Waals surface area contributed by atoms with Crippen molar-refractivity contribution in [2.75, 3.05) is 36.7 Å². The number of nitrogens with zero attached hydrogens (tertiary/aromatic N) is 1. The Balaban J connectivity index is 1.47. The Morgan fingerprint density at radius 3 is 2.68 bits per heavy atom. The topological polar surface area (TPSA) is 72.9 Å². The number of aryl methyl sites for hydroxylation is 1. The average molecular weight is 420 g/mol. The molecule has 0 saturated heterocycles. The van der Waals surface area contributed by atoms with Crippen molar-refractivity contribution in [3.63, 3.8) is 0 Å². The van der Waals surface area contributed by atoms with E-state index in [0.717, 1.165) is 34.7 Å². The minimum atomic E-state index is -3.26. The molecule has 0 spiro atoms. The third-order valence-electron chi connectivity index (χ3n) is 4.77. The molecule has 2 heterocycles. The Morgan fingerprint density at radius 2 is 1.89 bits per heavy atom. The van der Waals surface area contributed by atoms with E-state index in [2.05, 4.69) is 0 Å². The summed E-state index contributed by atoms with van der Waals surface area (Å²) in [6.45, 7) is 1.72. The van der Waals surface area contributed by atoms with Crippen molar-refractivity contribution in [3.8, 4) is 11.5 Å². The number of carbonyl (C=O) groups is 1. The Bertz CT molecular complexity index is 1020. The van der Waals surface area contributed by atoms with Crippen molar-refractivity contribution >= 4 is 33.2 Å². The van der Waals surface area contributed by atoms with Gasteiger partial charge in [-0.05, 0) is 54.8 Å². The highest BCUT2D eigenvalue weighted by Crippen LogP contribution is 2.35. The van der Waals surface area contributed by atoms with E-state index in [1.54, 1.807) is 23.1 Å². The van der Waals surface area contributed by atoms with Gasteiger partial charge in [0.05, 0.1) is 10.6 Å². The predicted molar refractivity (Wildman–Crippen MR) is 108 cm³/mol. The van der Waals surface area contributed by atoms with Crippen molar-refractivity contribution < 1.29 is 22.7 Å². The van der Waals surface area contributed by atoms with Crippen molar-refractivity contribution in [2.24, 2.45) is 0 Å². The van der Waals surface area contributed by atoms with Gasteiger partial charge in [0, 0.05) is 23.4 Å². The fourth-order valence-corrected chi connectivity index (χ4v) is 4.87. The van der Waals surface area contributed by atoms with Crippen molar-refractivity contribution in [1.82, 2.24) is 0 Å². The van der Waals surface area contributed by atoms with Crippen LogP contribution >= 0.6 is 11.8 Å². The van der Waals surface area contributed by atoms with E-state index < -0.39 is 9.84 Å². The highest BCUT2D eigenvalue weighted by Gasteiger charge is 2.24. The second kappa shape index (κ2) is 7.67. The van der Waals surface area contributed by atoms with Gasteiger partial charge >= 0.3 is 0 Å². The molecule has 0 unspecified atom stereocenters. The molecule has 8 heteroatoms. The van der Waals surface area contributed by atoms with Gasteiger partial charge in [0.2, 0.25) is 5.91 Å². The first-order valence-electron chi connectivity index (χ1n) is 9.07. The Hall–Kier alpha value is -2.19. The standard InChI is InChI=1S/C20H21NO5S2/c1-28(23,24)16-5-6-17-14(11-16)3-2-8-21(17)20(22)13-27-15-4-7-18-19(12-15)26-10-9-25-18/h4-7,11-12H,2-3,8-10,13H2,1H3. The smallest absolute Gasteiger partial charge is 0.237 e. The summed E-state index contributed by atoms with van der Waals surface area (Å²) < 4.78 is 34.7. The van der Waals surface area contributed by atoms with Gasteiger partial charge in [0.1, 0.15) is 13.2 Å². The molecule has 0 aromatic heterocycles. The van der Waals surface area contributed by atoms with E-state index in [1.807, 2.05) is 18.2 Å². The molecule has 2 aliphatic rings. The average Bonchev–Trinajstić information content (AvgIpc) is 2.70. The summed E-state index contributed by atoms with van der Waals surface area (Å²) in [4.78, 5) is 15.8. The Kier molecular flexibility index (Phi) is 5.25. The van der Waals surface area contributed by atoms with Crippen LogP contribution in [-0.2, 0) is 21.1 Å². The van der Waals surface area contributed by atoms with Crippen LogP contribution in [0, 0.1) is 0 Å². The molecule has 2 aromatic rings. The predicted octanol–water partition coefficient (Wildman–Crippen LogP) is 2.93. The summed E-state index contributed by atoms with van der Waals surface area (Å²) in [7, 11) is -3.26. The molecule has 148 valence electrons. The largest absolute Gasteiger partial charge is 0.486 e. The van der Waals surface area contributed by atoms with Crippen LogP contribution in [-0.4, -0.2) is 46.1 Å². The molecular weight excluding hydrogens is 398 g/mol. The molecule has 0 atom stereocenters. The number of thioether (sulfide) groups is 1. The number of hydrogen-bond donors (Lipinski definition) is 0. The van der Waals surface area contributed by atoms with Gasteiger partial charge in [0.25, 0.3) is 0 Å². The Labute approximate surface area is 168 Å². The number of fused-ring (bicyclic) bond motifs is 2. The maximum absolute atomic E-state index is 12.8. The number of rotatable bonds is 4. The SMILES string of the molecule is CS(=O)(=O)c1ccc2c(c1)CCCN2C(=O)CSc1ccc2c(c1)OCCO2. The maximum atomic E-state index is 12.8. The summed E-state index contributed by atoms with van der Waals surface area (Å²) in [6.07, 6.45) is 2.79. The lowest BCUT2D eigenvalue weighted by molar-refractivity contribution is -0.116. The van der Waals surface area contributed by atoms with Gasteiger partial charge < -0.3 is 14.4 Å². The monoisotopic (exact) mass is 419 g/mol. The Morgan fingerprint density at radius 1 is 1.11 bits per heavy atom. The first-order valence-corrected chi connectivity index (χ1v) is 12.0. The quantitative estimate of drug-likeness (QED) is 0.710. The zero-order valence-corrected chi connectivity index (χ0v) is 17.1. The van der Waals surface area contributed by atoms with Gasteiger partial charge in [-0.2, -0.15) is 0 Å². The fourth-order valence-electron chi connectivity index (χ4n) is 3.40. The van der Waals surface area contributed by atoms with Crippen molar-refractivity contribution in [3.05, 3.63) is 42.0 Å². The minimum Gasteiger partial charge on any atom is -0.486 e. The van der Waals surface area contributed by atoms with Crippen LogP contribution in [0.2, 0.25) is 0 Å². The second-order valence-corrected chi connectivity index (χ2v) is 9.87. The lowest BCUT2D eigenvalue weighted by Crippen LogP contribution is -2.36. The minimum absolute atomic E-state index is 0.00736. The van der Waals surface area contributed by atoms with E-state index in [-0.39, 0.29) is 5.91 Å². The molecule has 0 aliphatic carbocycles. The number of carbonyl (C=O) groups excluding carboxylic acids is 1.